The number of hydrogen-bond donors (Lipinski definition) is 3. The zero-order valence-corrected chi connectivity index (χ0v) is 14.5. The molecule has 23 heavy (non-hydrogen) atoms. The number of nitrogens with zero attached hydrogens (tertiary/aromatic N) is 1. The van der Waals surface area contributed by atoms with Crippen molar-refractivity contribution < 1.29 is 9.90 Å². The van der Waals surface area contributed by atoms with Crippen LogP contribution >= 0.6 is 15.9 Å². The van der Waals surface area contributed by atoms with Crippen LogP contribution < -0.4 is 10.7 Å². The molecule has 0 heterocycles. The molecule has 1 amide bonds. The summed E-state index contributed by atoms with van der Waals surface area (Å²) < 4.78 is 0.835. The molecule has 0 spiro atoms. The SMILES string of the molecule is Cc1ccccc1NCC(=O)N/N=C/c1cc(Br)cc(C)c1O. The summed E-state index contributed by atoms with van der Waals surface area (Å²) in [5.41, 5.74) is 5.67. The number of hydrazone groups is 1. The molecule has 0 aliphatic rings. The zero-order chi connectivity index (χ0) is 16.8. The number of amides is 1. The minimum atomic E-state index is -0.268. The summed E-state index contributed by atoms with van der Waals surface area (Å²) in [6.45, 7) is 3.88. The molecule has 0 fully saturated rings. The highest BCUT2D eigenvalue weighted by Gasteiger charge is 2.05. The van der Waals surface area contributed by atoms with E-state index in [4.69, 9.17) is 0 Å². The molecule has 5 nitrogen and oxygen atoms in total. The van der Waals surface area contributed by atoms with Crippen LogP contribution in [0.4, 0.5) is 5.69 Å². The minimum Gasteiger partial charge on any atom is -0.507 e. The Balaban J connectivity index is 1.91. The lowest BCUT2D eigenvalue weighted by molar-refractivity contribution is -0.119. The highest BCUT2D eigenvalue weighted by molar-refractivity contribution is 9.10. The van der Waals surface area contributed by atoms with Gasteiger partial charge in [0.25, 0.3) is 5.91 Å². The Bertz CT molecular complexity index is 745. The Labute approximate surface area is 143 Å². The lowest BCUT2D eigenvalue weighted by Crippen LogP contribution is -2.26. The number of carbonyl (C=O) groups excluding carboxylic acids is 1. The minimum absolute atomic E-state index is 0.117. The maximum absolute atomic E-state index is 11.8. The lowest BCUT2D eigenvalue weighted by atomic mass is 10.1. The van der Waals surface area contributed by atoms with Gasteiger partial charge in [-0.25, -0.2) is 5.43 Å². The maximum atomic E-state index is 11.8. The molecule has 0 saturated carbocycles. The van der Waals surface area contributed by atoms with E-state index in [-0.39, 0.29) is 18.2 Å². The number of halogens is 1. The van der Waals surface area contributed by atoms with Crippen molar-refractivity contribution in [3.8, 4) is 5.75 Å². The quantitative estimate of drug-likeness (QED) is 0.554. The second-order valence-corrected chi connectivity index (χ2v) is 6.04. The van der Waals surface area contributed by atoms with E-state index in [1.807, 2.05) is 31.2 Å². The number of aromatic hydroxyl groups is 1. The number of benzene rings is 2. The second kappa shape index (κ2) is 7.78. The van der Waals surface area contributed by atoms with Gasteiger partial charge in [0.05, 0.1) is 12.8 Å². The van der Waals surface area contributed by atoms with Gasteiger partial charge in [0.15, 0.2) is 0 Å². The maximum Gasteiger partial charge on any atom is 0.259 e. The van der Waals surface area contributed by atoms with E-state index in [0.29, 0.717) is 5.56 Å². The first-order chi connectivity index (χ1) is 11.0. The summed E-state index contributed by atoms with van der Waals surface area (Å²) in [5.74, 6) is -0.125. The van der Waals surface area contributed by atoms with E-state index in [9.17, 15) is 9.90 Å². The topological polar surface area (TPSA) is 73.7 Å². The van der Waals surface area contributed by atoms with Crippen molar-refractivity contribution in [2.75, 3.05) is 11.9 Å². The van der Waals surface area contributed by atoms with E-state index in [2.05, 4.69) is 31.8 Å². The van der Waals surface area contributed by atoms with Crippen LogP contribution in [0.3, 0.4) is 0 Å². The number of phenols is 1. The Hall–Kier alpha value is -2.34. The Morgan fingerprint density at radius 2 is 2.00 bits per heavy atom. The van der Waals surface area contributed by atoms with Gasteiger partial charge < -0.3 is 10.4 Å². The van der Waals surface area contributed by atoms with Crippen LogP contribution in [0, 0.1) is 13.8 Å². The van der Waals surface area contributed by atoms with E-state index in [1.54, 1.807) is 19.1 Å². The van der Waals surface area contributed by atoms with Crippen LogP contribution in [-0.4, -0.2) is 23.8 Å². The molecular weight excluding hydrogens is 358 g/mol. The third-order valence-corrected chi connectivity index (χ3v) is 3.73. The Kier molecular flexibility index (Phi) is 5.76. The van der Waals surface area contributed by atoms with Crippen LogP contribution in [0.15, 0.2) is 46.0 Å². The molecule has 120 valence electrons. The molecule has 0 aliphatic heterocycles. The van der Waals surface area contributed by atoms with Crippen LogP contribution in [0.25, 0.3) is 0 Å². The van der Waals surface area contributed by atoms with Crippen LogP contribution in [0.5, 0.6) is 5.75 Å². The van der Waals surface area contributed by atoms with E-state index >= 15 is 0 Å². The van der Waals surface area contributed by atoms with Crippen molar-refractivity contribution in [1.82, 2.24) is 5.43 Å². The normalized spacial score (nSPS) is 10.7. The molecule has 0 aliphatic carbocycles. The largest absolute Gasteiger partial charge is 0.507 e. The predicted octanol–water partition coefficient (Wildman–Crippen LogP) is 3.33. The number of anilines is 1. The highest BCUT2D eigenvalue weighted by Crippen LogP contribution is 2.25. The Morgan fingerprint density at radius 1 is 1.26 bits per heavy atom. The Morgan fingerprint density at radius 3 is 2.74 bits per heavy atom. The molecule has 0 saturated heterocycles. The monoisotopic (exact) mass is 375 g/mol. The second-order valence-electron chi connectivity index (χ2n) is 5.12. The average Bonchev–Trinajstić information content (AvgIpc) is 2.51. The summed E-state index contributed by atoms with van der Waals surface area (Å²) in [6.07, 6.45) is 1.42. The molecule has 2 aromatic rings. The molecule has 0 atom stereocenters. The fourth-order valence-electron chi connectivity index (χ4n) is 2.02. The summed E-state index contributed by atoms with van der Waals surface area (Å²) in [7, 11) is 0. The molecular formula is C17H18BrN3O2. The molecule has 0 unspecified atom stereocenters. The van der Waals surface area contributed by atoms with Crippen molar-refractivity contribution in [3.05, 3.63) is 57.6 Å². The van der Waals surface area contributed by atoms with Gasteiger partial charge in [0.2, 0.25) is 0 Å². The number of carbonyl (C=O) groups is 1. The molecule has 2 rings (SSSR count). The van der Waals surface area contributed by atoms with Gasteiger partial charge in [0, 0.05) is 15.7 Å². The lowest BCUT2D eigenvalue weighted by Gasteiger charge is -2.08. The fraction of sp³-hybridized carbons (Fsp3) is 0.176. The molecule has 0 bridgehead atoms. The first-order valence-electron chi connectivity index (χ1n) is 7.08. The first-order valence-corrected chi connectivity index (χ1v) is 7.87. The third-order valence-electron chi connectivity index (χ3n) is 3.27. The number of nitrogens with one attached hydrogen (secondary N) is 2. The fourth-order valence-corrected chi connectivity index (χ4v) is 2.61. The zero-order valence-electron chi connectivity index (χ0n) is 12.9. The van der Waals surface area contributed by atoms with Gasteiger partial charge in [-0.2, -0.15) is 5.10 Å². The molecule has 2 aromatic carbocycles. The van der Waals surface area contributed by atoms with E-state index < -0.39 is 0 Å². The van der Waals surface area contributed by atoms with Crippen LogP contribution in [0.1, 0.15) is 16.7 Å². The van der Waals surface area contributed by atoms with Crippen molar-refractivity contribution in [2.24, 2.45) is 5.10 Å². The van der Waals surface area contributed by atoms with Crippen molar-refractivity contribution in [3.63, 3.8) is 0 Å². The standard InChI is InChI=1S/C17H18BrN3O2/c1-11-5-3-4-6-15(11)19-10-16(22)21-20-9-13-8-14(18)7-12(2)17(13)23/h3-9,19,23H,10H2,1-2H3,(H,21,22)/b20-9+. The van der Waals surface area contributed by atoms with Crippen molar-refractivity contribution in [2.45, 2.75) is 13.8 Å². The van der Waals surface area contributed by atoms with Gasteiger partial charge in [-0.1, -0.05) is 34.1 Å². The van der Waals surface area contributed by atoms with Crippen molar-refractivity contribution in [1.29, 1.82) is 0 Å². The van der Waals surface area contributed by atoms with E-state index in [0.717, 1.165) is 21.3 Å². The average molecular weight is 376 g/mol. The van der Waals surface area contributed by atoms with Gasteiger partial charge in [-0.15, -0.1) is 0 Å². The van der Waals surface area contributed by atoms with Gasteiger partial charge in [0.1, 0.15) is 5.75 Å². The first kappa shape index (κ1) is 17.0. The molecule has 6 heteroatoms. The van der Waals surface area contributed by atoms with Gasteiger partial charge in [-0.05, 0) is 43.2 Å². The van der Waals surface area contributed by atoms with Crippen molar-refractivity contribution >= 4 is 33.7 Å². The molecule has 0 radical (unpaired) electrons. The molecule has 0 aromatic heterocycles. The van der Waals surface area contributed by atoms with Gasteiger partial charge >= 0.3 is 0 Å². The molecule has 3 N–H and O–H groups in total. The number of para-hydroxylation sites is 1. The van der Waals surface area contributed by atoms with Gasteiger partial charge in [-0.3, -0.25) is 4.79 Å². The number of aryl methyl sites for hydroxylation is 2. The van der Waals surface area contributed by atoms with E-state index in [1.165, 1.54) is 6.21 Å². The predicted molar refractivity (Wildman–Crippen MR) is 95.9 cm³/mol. The number of rotatable bonds is 5. The number of hydrogen-bond acceptors (Lipinski definition) is 4. The summed E-state index contributed by atoms with van der Waals surface area (Å²) in [5, 5.41) is 16.9. The summed E-state index contributed by atoms with van der Waals surface area (Å²) in [4.78, 5) is 11.8. The summed E-state index contributed by atoms with van der Waals surface area (Å²) >= 11 is 3.36. The third kappa shape index (κ3) is 4.82. The van der Waals surface area contributed by atoms with Crippen LogP contribution in [-0.2, 0) is 4.79 Å². The number of phenolic OH excluding ortho intramolecular Hbond substituents is 1. The highest BCUT2D eigenvalue weighted by atomic mass is 79.9. The smallest absolute Gasteiger partial charge is 0.259 e. The van der Waals surface area contributed by atoms with Crippen LogP contribution in [0.2, 0.25) is 0 Å². The summed E-state index contributed by atoms with van der Waals surface area (Å²) in [6, 6.07) is 11.3.